The largest absolute Gasteiger partial charge is 0.349 e. The second-order valence-electron chi connectivity index (χ2n) is 8.30. The van der Waals surface area contributed by atoms with Gasteiger partial charge in [0.1, 0.15) is 4.70 Å². The van der Waals surface area contributed by atoms with Crippen molar-refractivity contribution < 1.29 is 4.79 Å². The zero-order chi connectivity index (χ0) is 22.8. The van der Waals surface area contributed by atoms with Crippen molar-refractivity contribution >= 4 is 33.4 Å². The maximum absolute atomic E-state index is 13.3. The summed E-state index contributed by atoms with van der Waals surface area (Å²) >= 11 is 1.41. The van der Waals surface area contributed by atoms with Crippen LogP contribution in [-0.4, -0.2) is 33.5 Å². The van der Waals surface area contributed by atoms with Gasteiger partial charge in [0.25, 0.3) is 5.56 Å². The summed E-state index contributed by atoms with van der Waals surface area (Å²) in [6, 6.07) is 15.3. The summed E-state index contributed by atoms with van der Waals surface area (Å²) in [4.78, 5) is 37.3. The quantitative estimate of drug-likeness (QED) is 0.489. The number of piperidine rings is 1. The van der Waals surface area contributed by atoms with E-state index in [0.717, 1.165) is 16.8 Å². The molecule has 0 spiro atoms. The Bertz CT molecular complexity index is 1310. The van der Waals surface area contributed by atoms with Gasteiger partial charge in [-0.25, -0.2) is 9.55 Å². The lowest BCUT2D eigenvalue weighted by molar-refractivity contribution is -0.126. The molecular formula is C25H25N5O2S. The van der Waals surface area contributed by atoms with Crippen molar-refractivity contribution in [2.75, 3.05) is 18.0 Å². The van der Waals surface area contributed by atoms with Crippen LogP contribution >= 0.6 is 11.3 Å². The molecule has 0 radical (unpaired) electrons. The van der Waals surface area contributed by atoms with Crippen LogP contribution in [0.4, 0.5) is 5.95 Å². The van der Waals surface area contributed by atoms with E-state index >= 15 is 0 Å². The minimum absolute atomic E-state index is 0.0543. The maximum Gasteiger partial charge on any atom is 0.277 e. The normalized spacial score (nSPS) is 15.5. The summed E-state index contributed by atoms with van der Waals surface area (Å²) in [5.41, 5.74) is 2.45. The van der Waals surface area contributed by atoms with Gasteiger partial charge in [-0.2, -0.15) is 0 Å². The zero-order valence-corrected chi connectivity index (χ0v) is 19.2. The lowest BCUT2D eigenvalue weighted by atomic mass is 9.95. The molecule has 1 aliphatic heterocycles. The summed E-state index contributed by atoms with van der Waals surface area (Å²) in [6.45, 7) is 3.30. The molecular weight excluding hydrogens is 434 g/mol. The fourth-order valence-electron chi connectivity index (χ4n) is 4.31. The summed E-state index contributed by atoms with van der Waals surface area (Å²) in [7, 11) is 0. The van der Waals surface area contributed by atoms with Crippen LogP contribution in [0.1, 0.15) is 31.4 Å². The molecule has 1 aromatic carbocycles. The number of para-hydroxylation sites is 1. The van der Waals surface area contributed by atoms with E-state index < -0.39 is 0 Å². The predicted molar refractivity (Wildman–Crippen MR) is 131 cm³/mol. The van der Waals surface area contributed by atoms with Crippen molar-refractivity contribution in [2.24, 2.45) is 5.92 Å². The van der Waals surface area contributed by atoms with Gasteiger partial charge in [-0.3, -0.25) is 14.6 Å². The molecule has 1 N–H and O–H groups in total. The molecule has 1 fully saturated rings. The third-order valence-corrected chi connectivity index (χ3v) is 7.06. The number of carbonyl (C=O) groups is 1. The Morgan fingerprint density at radius 1 is 1.12 bits per heavy atom. The van der Waals surface area contributed by atoms with E-state index in [1.54, 1.807) is 17.0 Å². The Morgan fingerprint density at radius 3 is 2.64 bits per heavy atom. The molecule has 1 saturated heterocycles. The standard InChI is InChI=1S/C25H25N5O2S/c1-17(19-6-5-12-26-16-19)27-23(31)18-9-13-29(14-10-18)25-28-21-11-15-33-22(21)24(32)30(25)20-7-3-2-4-8-20/h2-8,11-12,15-18H,9-10,13-14H2,1H3,(H,27,31)/t17-/m0/s1. The summed E-state index contributed by atoms with van der Waals surface area (Å²) in [5.74, 6) is 0.634. The van der Waals surface area contributed by atoms with E-state index in [4.69, 9.17) is 4.98 Å². The van der Waals surface area contributed by atoms with Crippen molar-refractivity contribution in [1.29, 1.82) is 0 Å². The molecule has 1 atom stereocenters. The van der Waals surface area contributed by atoms with Crippen LogP contribution in [0.2, 0.25) is 0 Å². The number of nitrogens with one attached hydrogen (secondary N) is 1. The number of pyridine rings is 1. The molecule has 4 heterocycles. The summed E-state index contributed by atoms with van der Waals surface area (Å²) < 4.78 is 2.35. The zero-order valence-electron chi connectivity index (χ0n) is 18.3. The molecule has 7 nitrogen and oxygen atoms in total. The fraction of sp³-hybridized carbons (Fsp3) is 0.280. The van der Waals surface area contributed by atoms with Gasteiger partial charge >= 0.3 is 0 Å². The number of aromatic nitrogens is 3. The molecule has 0 unspecified atom stereocenters. The first kappa shape index (κ1) is 21.3. The summed E-state index contributed by atoms with van der Waals surface area (Å²) in [6.07, 6.45) is 4.92. The van der Waals surface area contributed by atoms with Gasteiger partial charge in [-0.05, 0) is 55.0 Å². The van der Waals surface area contributed by atoms with Gasteiger partial charge in [0.2, 0.25) is 11.9 Å². The fourth-order valence-corrected chi connectivity index (χ4v) is 5.07. The monoisotopic (exact) mass is 459 g/mol. The molecule has 8 heteroatoms. The van der Waals surface area contributed by atoms with E-state index in [-0.39, 0.29) is 23.4 Å². The average molecular weight is 460 g/mol. The molecule has 4 aromatic rings. The number of hydrogen-bond donors (Lipinski definition) is 1. The van der Waals surface area contributed by atoms with Gasteiger partial charge in [-0.1, -0.05) is 24.3 Å². The van der Waals surface area contributed by atoms with Crippen molar-refractivity contribution in [1.82, 2.24) is 19.9 Å². The second-order valence-corrected chi connectivity index (χ2v) is 9.22. The van der Waals surface area contributed by atoms with Gasteiger partial charge in [0.05, 0.1) is 17.2 Å². The van der Waals surface area contributed by atoms with Gasteiger partial charge in [-0.15, -0.1) is 11.3 Å². The molecule has 3 aromatic heterocycles. The topological polar surface area (TPSA) is 80.1 Å². The molecule has 1 amide bonds. The second kappa shape index (κ2) is 9.15. The number of amides is 1. The highest BCUT2D eigenvalue weighted by Gasteiger charge is 2.29. The number of fused-ring (bicyclic) bond motifs is 1. The molecule has 0 aliphatic carbocycles. The van der Waals surface area contributed by atoms with Crippen LogP contribution in [0, 0.1) is 5.92 Å². The highest BCUT2D eigenvalue weighted by molar-refractivity contribution is 7.17. The van der Waals surface area contributed by atoms with Crippen molar-refractivity contribution in [3.8, 4) is 5.69 Å². The number of hydrogen-bond acceptors (Lipinski definition) is 6. The van der Waals surface area contributed by atoms with Gasteiger partial charge in [0, 0.05) is 31.4 Å². The molecule has 0 saturated carbocycles. The Hall–Kier alpha value is -3.52. The third kappa shape index (κ3) is 4.26. The maximum atomic E-state index is 13.3. The number of anilines is 1. The molecule has 1 aliphatic rings. The first-order chi connectivity index (χ1) is 16.1. The van der Waals surface area contributed by atoms with E-state index in [2.05, 4.69) is 15.2 Å². The van der Waals surface area contributed by atoms with Crippen molar-refractivity contribution in [3.05, 3.63) is 82.2 Å². The van der Waals surface area contributed by atoms with Gasteiger partial charge < -0.3 is 10.2 Å². The Kier molecular flexibility index (Phi) is 5.92. The van der Waals surface area contributed by atoms with Crippen molar-refractivity contribution in [2.45, 2.75) is 25.8 Å². The van der Waals surface area contributed by atoms with Gasteiger partial charge in [0.15, 0.2) is 0 Å². The molecule has 33 heavy (non-hydrogen) atoms. The molecule has 168 valence electrons. The first-order valence-electron chi connectivity index (χ1n) is 11.1. The highest BCUT2D eigenvalue weighted by atomic mass is 32.1. The third-order valence-electron chi connectivity index (χ3n) is 6.17. The number of carbonyl (C=O) groups excluding carboxylic acids is 1. The lowest BCUT2D eigenvalue weighted by Crippen LogP contribution is -2.43. The molecule has 5 rings (SSSR count). The van der Waals surface area contributed by atoms with Crippen LogP contribution in [0.15, 0.2) is 71.1 Å². The van der Waals surface area contributed by atoms with E-state index in [0.29, 0.717) is 36.6 Å². The number of thiophene rings is 1. The van der Waals surface area contributed by atoms with E-state index in [9.17, 15) is 9.59 Å². The van der Waals surface area contributed by atoms with Crippen LogP contribution in [0.5, 0.6) is 0 Å². The van der Waals surface area contributed by atoms with Crippen molar-refractivity contribution in [3.63, 3.8) is 0 Å². The van der Waals surface area contributed by atoms with Crippen LogP contribution in [0.25, 0.3) is 15.9 Å². The predicted octanol–water partition coefficient (Wildman–Crippen LogP) is 3.94. The van der Waals surface area contributed by atoms with Crippen LogP contribution < -0.4 is 15.8 Å². The van der Waals surface area contributed by atoms with E-state index in [1.807, 2.05) is 60.8 Å². The van der Waals surface area contributed by atoms with E-state index in [1.165, 1.54) is 11.3 Å². The van der Waals surface area contributed by atoms with Crippen LogP contribution in [0.3, 0.4) is 0 Å². The number of benzene rings is 1. The SMILES string of the molecule is C[C@H](NC(=O)C1CCN(c2nc3ccsc3c(=O)n2-c2ccccc2)CC1)c1cccnc1. The lowest BCUT2D eigenvalue weighted by Gasteiger charge is -2.33. The number of nitrogens with zero attached hydrogens (tertiary/aromatic N) is 4. The molecule has 0 bridgehead atoms. The Balaban J connectivity index is 1.35. The number of rotatable bonds is 5. The minimum atomic E-state index is -0.0878. The Labute approximate surface area is 195 Å². The Morgan fingerprint density at radius 2 is 1.91 bits per heavy atom. The van der Waals surface area contributed by atoms with Crippen LogP contribution in [-0.2, 0) is 4.79 Å². The summed E-state index contributed by atoms with van der Waals surface area (Å²) in [5, 5.41) is 5.02. The first-order valence-corrected chi connectivity index (χ1v) is 12.0. The highest BCUT2D eigenvalue weighted by Crippen LogP contribution is 2.27. The average Bonchev–Trinajstić information content (AvgIpc) is 3.34. The minimum Gasteiger partial charge on any atom is -0.349 e. The smallest absolute Gasteiger partial charge is 0.277 e.